The number of fused-ring (bicyclic) bond motifs is 1. The van der Waals surface area contributed by atoms with Crippen molar-refractivity contribution in [3.8, 4) is 11.4 Å². The van der Waals surface area contributed by atoms with E-state index in [1.165, 1.54) is 5.56 Å². The first-order valence-corrected chi connectivity index (χ1v) is 8.88. The number of rotatable bonds is 4. The van der Waals surface area contributed by atoms with Crippen LogP contribution < -0.4 is 5.62 Å². The first-order valence-electron chi connectivity index (χ1n) is 8.88. The van der Waals surface area contributed by atoms with Gasteiger partial charge in [0.1, 0.15) is 11.6 Å². The molecule has 2 aromatic rings. The highest BCUT2D eigenvalue weighted by molar-refractivity contribution is 5.58. The maximum Gasteiger partial charge on any atom is 0.228 e. The normalized spacial score (nSPS) is 14.7. The van der Waals surface area contributed by atoms with Crippen molar-refractivity contribution in [1.82, 2.24) is 19.4 Å². The molecule has 1 aromatic carbocycles. The van der Waals surface area contributed by atoms with Crippen molar-refractivity contribution < 1.29 is 5.11 Å². The molecule has 6 nitrogen and oxygen atoms in total. The molecular weight excluding hydrogens is 326 g/mol. The summed E-state index contributed by atoms with van der Waals surface area (Å²) < 4.78 is 1.85. The van der Waals surface area contributed by atoms with E-state index in [0.29, 0.717) is 30.4 Å². The van der Waals surface area contributed by atoms with Crippen molar-refractivity contribution >= 4 is 6.08 Å². The van der Waals surface area contributed by atoms with E-state index in [0.717, 1.165) is 12.1 Å². The number of benzene rings is 1. The topological polar surface area (TPSA) is 66.5 Å². The molecule has 6 heteroatoms. The van der Waals surface area contributed by atoms with Gasteiger partial charge in [-0.2, -0.15) is 4.98 Å². The van der Waals surface area contributed by atoms with Crippen LogP contribution in [0.15, 0.2) is 35.0 Å². The number of allylic oxidation sites excluding steroid dienone is 1. The number of aliphatic hydroxyl groups is 1. The molecule has 0 aliphatic carbocycles. The molecule has 26 heavy (non-hydrogen) atoms. The van der Waals surface area contributed by atoms with Gasteiger partial charge in [-0.15, -0.1) is 0 Å². The molecular formula is C20H27N5O. The highest BCUT2D eigenvalue weighted by atomic mass is 16.3. The molecule has 138 valence electrons. The Balaban J connectivity index is 2.01. The Hall–Kier alpha value is -2.47. The maximum absolute atomic E-state index is 9.90. The third-order valence-electron chi connectivity index (χ3n) is 4.37. The number of likely N-dealkylation sites (N-methyl/N-ethyl adjacent to an activating group) is 1. The van der Waals surface area contributed by atoms with E-state index in [2.05, 4.69) is 64.9 Å². The van der Waals surface area contributed by atoms with Crippen molar-refractivity contribution in [1.29, 1.82) is 0 Å². The zero-order valence-corrected chi connectivity index (χ0v) is 16.2. The second-order valence-corrected chi connectivity index (χ2v) is 7.94. The van der Waals surface area contributed by atoms with E-state index in [1.807, 2.05) is 18.7 Å². The Morgan fingerprint density at radius 3 is 2.46 bits per heavy atom. The van der Waals surface area contributed by atoms with Gasteiger partial charge in [0.15, 0.2) is 5.82 Å². The fraction of sp³-hybridized carbons (Fsp3) is 0.450. The second kappa shape index (κ2) is 7.03. The maximum atomic E-state index is 9.90. The smallest absolute Gasteiger partial charge is 0.228 e. The largest absolute Gasteiger partial charge is 0.510 e. The lowest BCUT2D eigenvalue weighted by atomic mass is 9.87. The first kappa shape index (κ1) is 18.3. The van der Waals surface area contributed by atoms with Crippen LogP contribution in [0.1, 0.15) is 32.2 Å². The summed E-state index contributed by atoms with van der Waals surface area (Å²) in [7, 11) is 4.03. The molecule has 1 aliphatic heterocycles. The van der Waals surface area contributed by atoms with Gasteiger partial charge in [-0.3, -0.25) is 4.57 Å². The van der Waals surface area contributed by atoms with Crippen LogP contribution in [0.2, 0.25) is 0 Å². The molecule has 0 amide bonds. The van der Waals surface area contributed by atoms with Gasteiger partial charge in [-0.25, -0.2) is 9.98 Å². The van der Waals surface area contributed by atoms with Gasteiger partial charge in [0.2, 0.25) is 5.62 Å². The number of nitrogens with zero attached hydrogens (tertiary/aromatic N) is 5. The predicted molar refractivity (Wildman–Crippen MR) is 104 cm³/mol. The lowest BCUT2D eigenvalue weighted by Gasteiger charge is -2.19. The van der Waals surface area contributed by atoms with Crippen LogP contribution in [0.5, 0.6) is 0 Å². The number of aliphatic hydroxyl groups excluding tert-OH is 1. The Labute approximate surface area is 154 Å². The van der Waals surface area contributed by atoms with Crippen LogP contribution in [-0.2, 0) is 12.0 Å². The summed E-state index contributed by atoms with van der Waals surface area (Å²) in [6, 6.07) is 8.34. The molecule has 0 radical (unpaired) electrons. The standard InChI is InChI=1S/C20H27N5O/c1-20(2,3)15-8-6-14(7-9-15)18-22-17-12-16(26)13-25(17)19(23-18)21-10-11-24(4)5/h6-9,12,26H,10-11,13H2,1-5H3. The van der Waals surface area contributed by atoms with Crippen LogP contribution in [-0.4, -0.2) is 51.7 Å². The third kappa shape index (κ3) is 4.02. The minimum absolute atomic E-state index is 0.106. The molecule has 3 rings (SSSR count). The highest BCUT2D eigenvalue weighted by Crippen LogP contribution is 2.25. The SMILES string of the molecule is CN(C)CCN=c1nc(-c2ccc(C(C)(C)C)cc2)nc2n1CC(O)=C2. The monoisotopic (exact) mass is 353 g/mol. The Morgan fingerprint density at radius 1 is 1.15 bits per heavy atom. The van der Waals surface area contributed by atoms with Gasteiger partial charge in [-0.1, -0.05) is 45.0 Å². The van der Waals surface area contributed by atoms with Crippen molar-refractivity contribution in [2.24, 2.45) is 4.99 Å². The molecule has 1 aromatic heterocycles. The van der Waals surface area contributed by atoms with Crippen LogP contribution in [0.3, 0.4) is 0 Å². The second-order valence-electron chi connectivity index (χ2n) is 7.94. The summed E-state index contributed by atoms with van der Waals surface area (Å²) in [5, 5.41) is 9.90. The van der Waals surface area contributed by atoms with E-state index in [-0.39, 0.29) is 11.2 Å². The van der Waals surface area contributed by atoms with Gasteiger partial charge in [-0.05, 0) is 25.1 Å². The molecule has 0 spiro atoms. The van der Waals surface area contributed by atoms with E-state index in [4.69, 9.17) is 0 Å². The number of aromatic nitrogens is 3. The Kier molecular flexibility index (Phi) is 4.96. The highest BCUT2D eigenvalue weighted by Gasteiger charge is 2.17. The first-order chi connectivity index (χ1) is 12.2. The van der Waals surface area contributed by atoms with Gasteiger partial charge >= 0.3 is 0 Å². The molecule has 0 fully saturated rings. The Morgan fingerprint density at radius 2 is 1.85 bits per heavy atom. The predicted octanol–water partition coefficient (Wildman–Crippen LogP) is 2.62. The summed E-state index contributed by atoms with van der Waals surface area (Å²) >= 11 is 0. The summed E-state index contributed by atoms with van der Waals surface area (Å²) in [6.45, 7) is 8.44. The summed E-state index contributed by atoms with van der Waals surface area (Å²) in [4.78, 5) is 16.0. The van der Waals surface area contributed by atoms with Crippen molar-refractivity contribution in [2.45, 2.75) is 32.7 Å². The number of hydrogen-bond donors (Lipinski definition) is 1. The average Bonchev–Trinajstić information content (AvgIpc) is 2.94. The van der Waals surface area contributed by atoms with E-state index >= 15 is 0 Å². The Bertz CT molecular complexity index is 886. The molecule has 2 heterocycles. The molecule has 0 bridgehead atoms. The molecule has 0 saturated heterocycles. The minimum atomic E-state index is 0.106. The van der Waals surface area contributed by atoms with Crippen LogP contribution in [0.25, 0.3) is 17.5 Å². The molecule has 1 aliphatic rings. The van der Waals surface area contributed by atoms with Crippen molar-refractivity contribution in [3.63, 3.8) is 0 Å². The molecule has 1 N–H and O–H groups in total. The quantitative estimate of drug-likeness (QED) is 0.917. The number of hydrogen-bond acceptors (Lipinski definition) is 5. The zero-order chi connectivity index (χ0) is 18.9. The third-order valence-corrected chi connectivity index (χ3v) is 4.37. The summed E-state index contributed by atoms with van der Waals surface area (Å²) in [5.41, 5.74) is 2.93. The summed E-state index contributed by atoms with van der Waals surface area (Å²) in [5.74, 6) is 1.60. The molecule has 0 atom stereocenters. The minimum Gasteiger partial charge on any atom is -0.510 e. The van der Waals surface area contributed by atoms with Gasteiger partial charge < -0.3 is 10.0 Å². The molecule has 0 saturated carbocycles. The van der Waals surface area contributed by atoms with Crippen LogP contribution in [0, 0.1) is 0 Å². The van der Waals surface area contributed by atoms with E-state index < -0.39 is 0 Å². The lowest BCUT2D eigenvalue weighted by Crippen LogP contribution is -2.28. The zero-order valence-electron chi connectivity index (χ0n) is 16.2. The molecule has 0 unspecified atom stereocenters. The fourth-order valence-corrected chi connectivity index (χ4v) is 2.79. The van der Waals surface area contributed by atoms with Crippen LogP contribution in [0.4, 0.5) is 0 Å². The van der Waals surface area contributed by atoms with Gasteiger partial charge in [0.25, 0.3) is 0 Å². The van der Waals surface area contributed by atoms with Crippen molar-refractivity contribution in [3.05, 3.63) is 47.0 Å². The fourth-order valence-electron chi connectivity index (χ4n) is 2.79. The van der Waals surface area contributed by atoms with Crippen molar-refractivity contribution in [2.75, 3.05) is 27.2 Å². The lowest BCUT2D eigenvalue weighted by molar-refractivity contribution is 0.384. The van der Waals surface area contributed by atoms with Gasteiger partial charge in [0.05, 0.1) is 13.1 Å². The van der Waals surface area contributed by atoms with E-state index in [9.17, 15) is 5.11 Å². The van der Waals surface area contributed by atoms with Gasteiger partial charge in [0, 0.05) is 18.2 Å². The average molecular weight is 353 g/mol. The van der Waals surface area contributed by atoms with E-state index in [1.54, 1.807) is 6.08 Å². The van der Waals surface area contributed by atoms with Crippen LogP contribution >= 0.6 is 0 Å². The summed E-state index contributed by atoms with van der Waals surface area (Å²) in [6.07, 6.45) is 1.68.